The molecule has 28 heavy (non-hydrogen) atoms. The zero-order chi connectivity index (χ0) is 19.1. The summed E-state index contributed by atoms with van der Waals surface area (Å²) in [6.45, 7) is 6.54. The summed E-state index contributed by atoms with van der Waals surface area (Å²) in [5, 5.41) is 0. The Kier molecular flexibility index (Phi) is 5.13. The summed E-state index contributed by atoms with van der Waals surface area (Å²) in [5.41, 5.74) is 2.47. The molecule has 3 heterocycles. The van der Waals surface area contributed by atoms with Gasteiger partial charge < -0.3 is 18.9 Å². The molecule has 0 aliphatic carbocycles. The van der Waals surface area contributed by atoms with Crippen LogP contribution in [0, 0.1) is 0 Å². The van der Waals surface area contributed by atoms with Gasteiger partial charge in [0.1, 0.15) is 0 Å². The Balaban J connectivity index is 1.19. The Morgan fingerprint density at radius 2 is 0.964 bits per heavy atom. The number of ether oxygens (including phenoxy) is 4. The number of rotatable bonds is 4. The Morgan fingerprint density at radius 3 is 1.36 bits per heavy atom. The summed E-state index contributed by atoms with van der Waals surface area (Å²) in [6.07, 6.45) is 0. The van der Waals surface area contributed by atoms with Crippen LogP contribution in [0.3, 0.4) is 0 Å². The molecule has 0 N–H and O–H groups in total. The van der Waals surface area contributed by atoms with Gasteiger partial charge in [-0.05, 0) is 35.4 Å². The number of halogens is 2. The zero-order valence-corrected chi connectivity index (χ0v) is 18.4. The van der Waals surface area contributed by atoms with Crippen LogP contribution >= 0.6 is 31.9 Å². The molecule has 0 aromatic heterocycles. The average Bonchev–Trinajstić information content (AvgIpc) is 3.32. The van der Waals surface area contributed by atoms with Gasteiger partial charge in [0.25, 0.3) is 0 Å². The van der Waals surface area contributed by atoms with Crippen molar-refractivity contribution in [3.8, 4) is 23.0 Å². The fraction of sp³-hybridized carbons (Fsp3) is 0.400. The Labute approximate surface area is 180 Å². The van der Waals surface area contributed by atoms with Crippen molar-refractivity contribution in [2.75, 3.05) is 39.8 Å². The molecule has 0 unspecified atom stereocenters. The smallest absolute Gasteiger partial charge is 0.231 e. The molecular formula is C20H20Br2N2O4. The van der Waals surface area contributed by atoms with Crippen LogP contribution in [0.4, 0.5) is 0 Å². The van der Waals surface area contributed by atoms with E-state index < -0.39 is 0 Å². The van der Waals surface area contributed by atoms with E-state index in [4.69, 9.17) is 18.9 Å². The fourth-order valence-corrected chi connectivity index (χ4v) is 4.64. The highest BCUT2D eigenvalue weighted by Gasteiger charge is 2.22. The van der Waals surface area contributed by atoms with Crippen LogP contribution in [0.2, 0.25) is 0 Å². The third-order valence-electron chi connectivity index (χ3n) is 5.34. The summed E-state index contributed by atoms with van der Waals surface area (Å²) >= 11 is 7.33. The third kappa shape index (κ3) is 3.70. The molecule has 0 atom stereocenters. The summed E-state index contributed by atoms with van der Waals surface area (Å²) in [6, 6.07) is 8.18. The SMILES string of the molecule is Brc1cc2c(cc1CN1CCN(Cc3cc4c(cc3Br)OCO4)CC1)OCO2. The molecule has 3 aliphatic rings. The molecule has 2 aromatic carbocycles. The van der Waals surface area contributed by atoms with E-state index in [0.29, 0.717) is 13.6 Å². The molecule has 0 spiro atoms. The maximum Gasteiger partial charge on any atom is 0.231 e. The van der Waals surface area contributed by atoms with Gasteiger partial charge in [0.2, 0.25) is 13.6 Å². The van der Waals surface area contributed by atoms with Crippen molar-refractivity contribution in [2.24, 2.45) is 0 Å². The van der Waals surface area contributed by atoms with Crippen LogP contribution in [0.1, 0.15) is 11.1 Å². The number of piperazine rings is 1. The molecular weight excluding hydrogens is 492 g/mol. The lowest BCUT2D eigenvalue weighted by Crippen LogP contribution is -2.45. The lowest BCUT2D eigenvalue weighted by Gasteiger charge is -2.35. The Hall–Kier alpha value is -1.48. The van der Waals surface area contributed by atoms with Crippen molar-refractivity contribution in [2.45, 2.75) is 13.1 Å². The molecule has 148 valence electrons. The average molecular weight is 512 g/mol. The Bertz CT molecular complexity index is 827. The van der Waals surface area contributed by atoms with E-state index >= 15 is 0 Å². The second kappa shape index (κ2) is 7.74. The van der Waals surface area contributed by atoms with Crippen molar-refractivity contribution < 1.29 is 18.9 Å². The van der Waals surface area contributed by atoms with E-state index in [1.165, 1.54) is 11.1 Å². The molecule has 6 nitrogen and oxygen atoms in total. The first-order valence-corrected chi connectivity index (χ1v) is 10.8. The molecule has 5 rings (SSSR count). The largest absolute Gasteiger partial charge is 0.454 e. The summed E-state index contributed by atoms with van der Waals surface area (Å²) in [4.78, 5) is 4.96. The van der Waals surface area contributed by atoms with Crippen molar-refractivity contribution >= 4 is 31.9 Å². The van der Waals surface area contributed by atoms with Gasteiger partial charge in [-0.3, -0.25) is 9.80 Å². The highest BCUT2D eigenvalue weighted by Crippen LogP contribution is 2.38. The van der Waals surface area contributed by atoms with Crippen LogP contribution in [0.25, 0.3) is 0 Å². The van der Waals surface area contributed by atoms with Crippen LogP contribution in [-0.2, 0) is 13.1 Å². The van der Waals surface area contributed by atoms with Gasteiger partial charge >= 0.3 is 0 Å². The summed E-state index contributed by atoms with van der Waals surface area (Å²) in [7, 11) is 0. The highest BCUT2D eigenvalue weighted by molar-refractivity contribution is 9.10. The normalized spacial score (nSPS) is 18.6. The van der Waals surface area contributed by atoms with Crippen LogP contribution < -0.4 is 18.9 Å². The van der Waals surface area contributed by atoms with Crippen LogP contribution in [0.5, 0.6) is 23.0 Å². The summed E-state index contributed by atoms with van der Waals surface area (Å²) < 4.78 is 24.1. The zero-order valence-electron chi connectivity index (χ0n) is 15.2. The molecule has 0 bridgehead atoms. The minimum absolute atomic E-state index is 0.305. The molecule has 0 saturated carbocycles. The molecule has 1 saturated heterocycles. The van der Waals surface area contributed by atoms with Gasteiger partial charge in [0.15, 0.2) is 23.0 Å². The topological polar surface area (TPSA) is 43.4 Å². The lowest BCUT2D eigenvalue weighted by atomic mass is 10.1. The van der Waals surface area contributed by atoms with Crippen molar-refractivity contribution in [3.63, 3.8) is 0 Å². The molecule has 8 heteroatoms. The van der Waals surface area contributed by atoms with Crippen molar-refractivity contribution in [1.82, 2.24) is 9.80 Å². The number of benzene rings is 2. The monoisotopic (exact) mass is 510 g/mol. The van der Waals surface area contributed by atoms with Gasteiger partial charge in [-0.15, -0.1) is 0 Å². The van der Waals surface area contributed by atoms with E-state index in [-0.39, 0.29) is 0 Å². The van der Waals surface area contributed by atoms with E-state index in [9.17, 15) is 0 Å². The maximum atomic E-state index is 5.52. The number of hydrogen-bond acceptors (Lipinski definition) is 6. The number of nitrogens with zero attached hydrogens (tertiary/aromatic N) is 2. The second-order valence-corrected chi connectivity index (χ2v) is 8.85. The summed E-state index contributed by atoms with van der Waals surface area (Å²) in [5.74, 6) is 3.30. The molecule has 2 aromatic rings. The van der Waals surface area contributed by atoms with E-state index in [1.54, 1.807) is 0 Å². The molecule has 0 radical (unpaired) electrons. The third-order valence-corrected chi connectivity index (χ3v) is 6.81. The standard InChI is InChI=1S/C20H20Br2N2O4/c21-15-7-19-17(25-11-27-19)5-13(15)9-23-1-2-24(4-3-23)10-14-6-18-20(8-16(14)22)28-12-26-18/h5-8H,1-4,9-12H2. The van der Waals surface area contributed by atoms with Crippen molar-refractivity contribution in [3.05, 3.63) is 44.3 Å². The van der Waals surface area contributed by atoms with Gasteiger partial charge in [0.05, 0.1) is 0 Å². The predicted octanol–water partition coefficient (Wildman–Crippen LogP) is 3.99. The fourth-order valence-electron chi connectivity index (χ4n) is 3.75. The molecule has 0 amide bonds. The van der Waals surface area contributed by atoms with Crippen LogP contribution in [0.15, 0.2) is 33.2 Å². The minimum atomic E-state index is 0.305. The minimum Gasteiger partial charge on any atom is -0.454 e. The Morgan fingerprint density at radius 1 is 0.607 bits per heavy atom. The van der Waals surface area contributed by atoms with Crippen molar-refractivity contribution in [1.29, 1.82) is 0 Å². The predicted molar refractivity (Wildman–Crippen MR) is 111 cm³/mol. The van der Waals surface area contributed by atoms with Gasteiger partial charge in [-0.2, -0.15) is 0 Å². The van der Waals surface area contributed by atoms with Gasteiger partial charge in [-0.25, -0.2) is 0 Å². The molecule has 3 aliphatic heterocycles. The molecule has 1 fully saturated rings. The first kappa shape index (κ1) is 18.5. The van der Waals surface area contributed by atoms with E-state index in [2.05, 4.69) is 53.8 Å². The van der Waals surface area contributed by atoms with Gasteiger partial charge in [-0.1, -0.05) is 31.9 Å². The van der Waals surface area contributed by atoms with E-state index in [1.807, 2.05) is 12.1 Å². The number of fused-ring (bicyclic) bond motifs is 2. The lowest BCUT2D eigenvalue weighted by molar-refractivity contribution is 0.121. The first-order chi connectivity index (χ1) is 13.7. The van der Waals surface area contributed by atoms with Gasteiger partial charge in [0, 0.05) is 48.2 Å². The second-order valence-electron chi connectivity index (χ2n) is 7.15. The quantitative estimate of drug-likeness (QED) is 0.618. The highest BCUT2D eigenvalue weighted by atomic mass is 79.9. The first-order valence-electron chi connectivity index (χ1n) is 9.26. The van der Waals surface area contributed by atoms with E-state index in [0.717, 1.165) is 71.2 Å². The maximum absolute atomic E-state index is 5.52. The van der Waals surface area contributed by atoms with Crippen LogP contribution in [-0.4, -0.2) is 49.6 Å². The number of hydrogen-bond donors (Lipinski definition) is 0.